The zero-order chi connectivity index (χ0) is 14.5. The van der Waals surface area contributed by atoms with Crippen molar-refractivity contribution in [3.63, 3.8) is 0 Å². The van der Waals surface area contributed by atoms with Crippen molar-refractivity contribution in [3.05, 3.63) is 40.5 Å². The first-order chi connectivity index (χ1) is 9.58. The molecule has 2 aromatic rings. The molecule has 0 saturated heterocycles. The first-order valence-electron chi connectivity index (χ1n) is 6.40. The van der Waals surface area contributed by atoms with Gasteiger partial charge in [0.2, 0.25) is 5.95 Å². The van der Waals surface area contributed by atoms with Gasteiger partial charge in [-0.2, -0.15) is 4.98 Å². The number of anilines is 3. The summed E-state index contributed by atoms with van der Waals surface area (Å²) >= 11 is 12.1. The fourth-order valence-corrected chi connectivity index (χ4v) is 1.90. The molecule has 1 aromatic carbocycles. The third kappa shape index (κ3) is 3.99. The average Bonchev–Trinajstić information content (AvgIpc) is 2.43. The summed E-state index contributed by atoms with van der Waals surface area (Å²) in [7, 11) is 0. The highest BCUT2D eigenvalue weighted by Gasteiger charge is 2.06. The third-order valence-electron chi connectivity index (χ3n) is 2.84. The number of aromatic nitrogens is 2. The Balaban J connectivity index is 2.17. The Kier molecular flexibility index (Phi) is 5.04. The molecule has 0 fully saturated rings. The summed E-state index contributed by atoms with van der Waals surface area (Å²) in [4.78, 5) is 8.57. The lowest BCUT2D eigenvalue weighted by Crippen LogP contribution is -2.15. The average molecular weight is 311 g/mol. The largest absolute Gasteiger partial charge is 0.367 e. The van der Waals surface area contributed by atoms with Crippen molar-refractivity contribution >= 4 is 40.7 Å². The molecule has 0 aliphatic carbocycles. The van der Waals surface area contributed by atoms with Gasteiger partial charge in [0, 0.05) is 17.3 Å². The molecule has 0 radical (unpaired) electrons. The van der Waals surface area contributed by atoms with E-state index in [1.165, 1.54) is 0 Å². The summed E-state index contributed by atoms with van der Waals surface area (Å²) in [5.74, 6) is 1.25. The minimum Gasteiger partial charge on any atom is -0.367 e. The number of hydrogen-bond donors (Lipinski definition) is 2. The number of halogens is 2. The lowest BCUT2D eigenvalue weighted by molar-refractivity contribution is 0.758. The Labute approximate surface area is 128 Å². The van der Waals surface area contributed by atoms with Gasteiger partial charge in [-0.15, -0.1) is 0 Å². The Bertz CT molecular complexity index is 589. The second-order valence-corrected chi connectivity index (χ2v) is 5.31. The Morgan fingerprint density at radius 1 is 1.25 bits per heavy atom. The van der Waals surface area contributed by atoms with Gasteiger partial charge in [0.1, 0.15) is 5.82 Å². The molecule has 0 spiro atoms. The number of hydrogen-bond acceptors (Lipinski definition) is 4. The van der Waals surface area contributed by atoms with E-state index in [9.17, 15) is 0 Å². The van der Waals surface area contributed by atoms with Gasteiger partial charge in [-0.3, -0.25) is 0 Å². The number of rotatable bonds is 5. The standard InChI is InChI=1S/C14H16Cl2N4/c1-3-9(2)18-13-6-7-17-14(20-13)19-12-8-10(15)4-5-11(12)16/h4-9H,3H2,1-2H3,(H2,17,18,19,20). The quantitative estimate of drug-likeness (QED) is 0.837. The fourth-order valence-electron chi connectivity index (χ4n) is 1.57. The van der Waals surface area contributed by atoms with Crippen LogP contribution in [0.1, 0.15) is 20.3 Å². The Morgan fingerprint density at radius 2 is 2.05 bits per heavy atom. The minimum absolute atomic E-state index is 0.354. The van der Waals surface area contributed by atoms with Gasteiger partial charge in [-0.1, -0.05) is 30.1 Å². The molecule has 2 N–H and O–H groups in total. The number of nitrogens with one attached hydrogen (secondary N) is 2. The molecule has 0 aliphatic heterocycles. The molecule has 1 heterocycles. The van der Waals surface area contributed by atoms with E-state index in [2.05, 4.69) is 34.4 Å². The zero-order valence-corrected chi connectivity index (χ0v) is 12.8. The summed E-state index contributed by atoms with van der Waals surface area (Å²) in [6.07, 6.45) is 2.71. The van der Waals surface area contributed by atoms with Gasteiger partial charge in [0.25, 0.3) is 0 Å². The van der Waals surface area contributed by atoms with Crippen molar-refractivity contribution in [1.29, 1.82) is 0 Å². The molecule has 20 heavy (non-hydrogen) atoms. The monoisotopic (exact) mass is 310 g/mol. The molecule has 2 rings (SSSR count). The van der Waals surface area contributed by atoms with E-state index >= 15 is 0 Å². The van der Waals surface area contributed by atoms with E-state index in [1.807, 2.05) is 6.07 Å². The maximum Gasteiger partial charge on any atom is 0.229 e. The van der Waals surface area contributed by atoms with Gasteiger partial charge >= 0.3 is 0 Å². The Hall–Kier alpha value is -1.52. The summed E-state index contributed by atoms with van der Waals surface area (Å²) < 4.78 is 0. The van der Waals surface area contributed by atoms with Crippen LogP contribution in [-0.2, 0) is 0 Å². The van der Waals surface area contributed by atoms with Crippen LogP contribution in [-0.4, -0.2) is 16.0 Å². The van der Waals surface area contributed by atoms with Crippen molar-refractivity contribution in [2.75, 3.05) is 10.6 Å². The summed E-state index contributed by atoms with van der Waals surface area (Å²) in [5, 5.41) is 7.53. The summed E-state index contributed by atoms with van der Waals surface area (Å²) in [5.41, 5.74) is 0.680. The SMILES string of the molecule is CCC(C)Nc1ccnc(Nc2cc(Cl)ccc2Cl)n1. The maximum absolute atomic E-state index is 6.10. The van der Waals surface area contributed by atoms with Crippen molar-refractivity contribution < 1.29 is 0 Å². The molecule has 1 atom stereocenters. The van der Waals surface area contributed by atoms with Crippen molar-refractivity contribution in [1.82, 2.24) is 9.97 Å². The van der Waals surface area contributed by atoms with Gasteiger partial charge in [-0.05, 0) is 37.6 Å². The molecular weight excluding hydrogens is 295 g/mol. The van der Waals surface area contributed by atoms with Gasteiger partial charge in [-0.25, -0.2) is 4.98 Å². The van der Waals surface area contributed by atoms with Crippen LogP contribution < -0.4 is 10.6 Å². The molecule has 0 bridgehead atoms. The van der Waals surface area contributed by atoms with E-state index in [0.29, 0.717) is 27.7 Å². The second kappa shape index (κ2) is 6.77. The number of benzene rings is 1. The third-order valence-corrected chi connectivity index (χ3v) is 3.40. The number of nitrogens with zero attached hydrogens (tertiary/aromatic N) is 2. The topological polar surface area (TPSA) is 49.8 Å². The molecule has 6 heteroatoms. The first-order valence-corrected chi connectivity index (χ1v) is 7.15. The molecule has 1 unspecified atom stereocenters. The predicted octanol–water partition coefficient (Wildman–Crippen LogP) is 4.74. The van der Waals surface area contributed by atoms with Crippen molar-refractivity contribution in [3.8, 4) is 0 Å². The minimum atomic E-state index is 0.354. The Morgan fingerprint density at radius 3 is 2.80 bits per heavy atom. The molecular formula is C14H16Cl2N4. The highest BCUT2D eigenvalue weighted by Crippen LogP contribution is 2.27. The smallest absolute Gasteiger partial charge is 0.229 e. The maximum atomic E-state index is 6.10. The van der Waals surface area contributed by atoms with Crippen LogP contribution >= 0.6 is 23.2 Å². The van der Waals surface area contributed by atoms with Crippen LogP contribution in [0.25, 0.3) is 0 Å². The first kappa shape index (κ1) is 14.9. The predicted molar refractivity (Wildman–Crippen MR) is 85.2 cm³/mol. The van der Waals surface area contributed by atoms with Gasteiger partial charge < -0.3 is 10.6 Å². The van der Waals surface area contributed by atoms with Crippen molar-refractivity contribution in [2.45, 2.75) is 26.3 Å². The van der Waals surface area contributed by atoms with Crippen LogP contribution in [0.2, 0.25) is 10.0 Å². The molecule has 0 saturated carbocycles. The molecule has 0 amide bonds. The van der Waals surface area contributed by atoms with Crippen LogP contribution in [0.15, 0.2) is 30.5 Å². The van der Waals surface area contributed by atoms with Crippen LogP contribution in [0.4, 0.5) is 17.5 Å². The molecule has 1 aromatic heterocycles. The lowest BCUT2D eigenvalue weighted by Gasteiger charge is -2.13. The van der Waals surface area contributed by atoms with E-state index < -0.39 is 0 Å². The van der Waals surface area contributed by atoms with Crippen LogP contribution in [0.3, 0.4) is 0 Å². The van der Waals surface area contributed by atoms with Crippen LogP contribution in [0.5, 0.6) is 0 Å². The van der Waals surface area contributed by atoms with E-state index in [0.717, 1.165) is 12.2 Å². The lowest BCUT2D eigenvalue weighted by atomic mass is 10.2. The highest BCUT2D eigenvalue weighted by atomic mass is 35.5. The second-order valence-electron chi connectivity index (χ2n) is 4.47. The molecule has 106 valence electrons. The fraction of sp³-hybridized carbons (Fsp3) is 0.286. The van der Waals surface area contributed by atoms with Gasteiger partial charge in [0.15, 0.2) is 0 Å². The summed E-state index contributed by atoms with van der Waals surface area (Å²) in [6, 6.07) is 7.39. The molecule has 4 nitrogen and oxygen atoms in total. The summed E-state index contributed by atoms with van der Waals surface area (Å²) in [6.45, 7) is 4.22. The molecule has 0 aliphatic rings. The van der Waals surface area contributed by atoms with E-state index in [4.69, 9.17) is 23.2 Å². The van der Waals surface area contributed by atoms with E-state index in [1.54, 1.807) is 24.4 Å². The van der Waals surface area contributed by atoms with Crippen molar-refractivity contribution in [2.24, 2.45) is 0 Å². The zero-order valence-electron chi connectivity index (χ0n) is 11.3. The normalized spacial score (nSPS) is 12.0. The van der Waals surface area contributed by atoms with E-state index in [-0.39, 0.29) is 0 Å². The van der Waals surface area contributed by atoms with Gasteiger partial charge in [0.05, 0.1) is 10.7 Å². The highest BCUT2D eigenvalue weighted by molar-refractivity contribution is 6.35. The van der Waals surface area contributed by atoms with Crippen LogP contribution in [0, 0.1) is 0 Å².